The fourth-order valence-electron chi connectivity index (χ4n) is 1.89. The molecule has 0 aliphatic carbocycles. The molecule has 0 radical (unpaired) electrons. The monoisotopic (exact) mass is 333 g/mol. The maximum absolute atomic E-state index is 13.2. The van der Waals surface area contributed by atoms with Gasteiger partial charge < -0.3 is 10.1 Å². The topological polar surface area (TPSA) is 62.7 Å². The Hall–Kier alpha value is -2.96. The van der Waals surface area contributed by atoms with Gasteiger partial charge in [-0.15, -0.1) is 0 Å². The standard InChI is InChI=1S/C17H17F2N3O2/c1-11(12-6-7-15(18)16(19)8-12)21-22-17(23)10-20-13-4-3-5-14(9-13)24-2/h3-9,20H,10H2,1-2H3,(H,22,23)/b21-11-. The van der Waals surface area contributed by atoms with Gasteiger partial charge in [-0.2, -0.15) is 5.10 Å². The lowest BCUT2D eigenvalue weighted by molar-refractivity contribution is -0.119. The van der Waals surface area contributed by atoms with Crippen LogP contribution in [0.4, 0.5) is 14.5 Å². The molecule has 2 aromatic rings. The molecule has 1 amide bonds. The van der Waals surface area contributed by atoms with Gasteiger partial charge in [0.25, 0.3) is 5.91 Å². The van der Waals surface area contributed by atoms with Gasteiger partial charge in [-0.3, -0.25) is 4.79 Å². The Morgan fingerprint density at radius 1 is 1.17 bits per heavy atom. The molecule has 0 unspecified atom stereocenters. The summed E-state index contributed by atoms with van der Waals surface area (Å²) in [6.45, 7) is 1.59. The summed E-state index contributed by atoms with van der Waals surface area (Å²) in [4.78, 5) is 11.8. The number of ether oxygens (including phenoxy) is 1. The lowest BCUT2D eigenvalue weighted by Crippen LogP contribution is -2.26. The number of nitrogens with one attached hydrogen (secondary N) is 2. The summed E-state index contributed by atoms with van der Waals surface area (Å²) in [5.41, 5.74) is 3.83. The first kappa shape index (κ1) is 17.4. The van der Waals surface area contributed by atoms with Crippen molar-refractivity contribution in [2.75, 3.05) is 19.0 Å². The van der Waals surface area contributed by atoms with Crippen LogP contribution in [0.15, 0.2) is 47.6 Å². The number of amides is 1. The van der Waals surface area contributed by atoms with E-state index in [4.69, 9.17) is 4.74 Å². The third kappa shape index (κ3) is 4.77. The van der Waals surface area contributed by atoms with E-state index in [9.17, 15) is 13.6 Å². The Morgan fingerprint density at radius 3 is 2.67 bits per heavy atom. The van der Waals surface area contributed by atoms with Gasteiger partial charge in [0.05, 0.1) is 19.4 Å². The average Bonchev–Trinajstić information content (AvgIpc) is 2.60. The highest BCUT2D eigenvalue weighted by Gasteiger charge is 2.06. The number of carbonyl (C=O) groups is 1. The van der Waals surface area contributed by atoms with E-state index in [1.165, 1.54) is 6.07 Å². The summed E-state index contributed by atoms with van der Waals surface area (Å²) in [6.07, 6.45) is 0. The summed E-state index contributed by atoms with van der Waals surface area (Å²) in [6, 6.07) is 10.6. The zero-order valence-corrected chi connectivity index (χ0v) is 13.3. The highest BCUT2D eigenvalue weighted by Crippen LogP contribution is 2.16. The van der Waals surface area contributed by atoms with Crippen LogP contribution in [0.1, 0.15) is 12.5 Å². The summed E-state index contributed by atoms with van der Waals surface area (Å²) >= 11 is 0. The number of hydrogen-bond donors (Lipinski definition) is 2. The van der Waals surface area contributed by atoms with Crippen LogP contribution in [-0.4, -0.2) is 25.3 Å². The molecule has 0 atom stereocenters. The minimum Gasteiger partial charge on any atom is -0.497 e. The fraction of sp³-hybridized carbons (Fsp3) is 0.176. The van der Waals surface area contributed by atoms with Crippen molar-refractivity contribution in [3.63, 3.8) is 0 Å². The molecule has 0 bridgehead atoms. The van der Waals surface area contributed by atoms with Crippen LogP contribution < -0.4 is 15.5 Å². The van der Waals surface area contributed by atoms with Crippen molar-refractivity contribution < 1.29 is 18.3 Å². The van der Waals surface area contributed by atoms with Crippen LogP contribution in [0.2, 0.25) is 0 Å². The lowest BCUT2D eigenvalue weighted by atomic mass is 10.1. The number of halogens is 2. The molecular formula is C17H17F2N3O2. The summed E-state index contributed by atoms with van der Waals surface area (Å²) in [7, 11) is 1.56. The van der Waals surface area contributed by atoms with Crippen molar-refractivity contribution in [2.24, 2.45) is 5.10 Å². The fourth-order valence-corrected chi connectivity index (χ4v) is 1.89. The molecule has 126 valence electrons. The maximum Gasteiger partial charge on any atom is 0.259 e. The highest BCUT2D eigenvalue weighted by molar-refractivity contribution is 5.99. The Morgan fingerprint density at radius 2 is 1.96 bits per heavy atom. The van der Waals surface area contributed by atoms with Crippen LogP contribution in [0.3, 0.4) is 0 Å². The van der Waals surface area contributed by atoms with Gasteiger partial charge in [-0.1, -0.05) is 6.07 Å². The molecule has 0 aromatic heterocycles. The Kier molecular flexibility index (Phi) is 5.83. The van der Waals surface area contributed by atoms with Crippen LogP contribution in [0.5, 0.6) is 5.75 Å². The van der Waals surface area contributed by atoms with Crippen LogP contribution in [-0.2, 0) is 4.79 Å². The van der Waals surface area contributed by atoms with E-state index in [-0.39, 0.29) is 12.5 Å². The zero-order valence-electron chi connectivity index (χ0n) is 13.3. The average molecular weight is 333 g/mol. The lowest BCUT2D eigenvalue weighted by Gasteiger charge is -2.07. The number of methoxy groups -OCH3 is 1. The minimum absolute atomic E-state index is 0.00171. The van der Waals surface area contributed by atoms with Gasteiger partial charge in [0, 0.05) is 17.3 Å². The predicted octanol–water partition coefficient (Wildman–Crippen LogP) is 2.93. The highest BCUT2D eigenvalue weighted by atomic mass is 19.2. The molecule has 2 N–H and O–H groups in total. The molecule has 0 fully saturated rings. The normalized spacial score (nSPS) is 11.1. The van der Waals surface area contributed by atoms with E-state index < -0.39 is 11.6 Å². The third-order valence-electron chi connectivity index (χ3n) is 3.21. The van der Waals surface area contributed by atoms with Crippen molar-refractivity contribution in [2.45, 2.75) is 6.92 Å². The third-order valence-corrected chi connectivity index (χ3v) is 3.21. The van der Waals surface area contributed by atoms with E-state index in [0.29, 0.717) is 17.0 Å². The quantitative estimate of drug-likeness (QED) is 0.631. The first-order valence-electron chi connectivity index (χ1n) is 7.16. The van der Waals surface area contributed by atoms with Gasteiger partial charge in [-0.25, -0.2) is 14.2 Å². The Labute approximate surface area is 138 Å². The molecule has 7 heteroatoms. The molecular weight excluding hydrogens is 316 g/mol. The molecule has 24 heavy (non-hydrogen) atoms. The number of rotatable bonds is 6. The first-order chi connectivity index (χ1) is 11.5. The van der Waals surface area contributed by atoms with Crippen molar-refractivity contribution in [1.82, 2.24) is 5.43 Å². The van der Waals surface area contributed by atoms with Gasteiger partial charge >= 0.3 is 0 Å². The maximum atomic E-state index is 13.2. The molecule has 0 aliphatic heterocycles. The molecule has 2 rings (SSSR count). The SMILES string of the molecule is COc1cccc(NCC(=O)N/N=C(/C)c2ccc(F)c(F)c2)c1. The second-order valence-corrected chi connectivity index (χ2v) is 4.95. The zero-order chi connectivity index (χ0) is 17.5. The number of hydrogen-bond acceptors (Lipinski definition) is 4. The number of nitrogens with zero attached hydrogens (tertiary/aromatic N) is 1. The predicted molar refractivity (Wildman–Crippen MR) is 88.2 cm³/mol. The van der Waals surface area contributed by atoms with E-state index >= 15 is 0 Å². The van der Waals surface area contributed by atoms with E-state index in [1.807, 2.05) is 0 Å². The molecule has 0 aliphatic rings. The molecule has 0 saturated carbocycles. The Balaban J connectivity index is 1.90. The van der Waals surface area contributed by atoms with E-state index in [2.05, 4.69) is 15.8 Å². The van der Waals surface area contributed by atoms with Crippen LogP contribution in [0.25, 0.3) is 0 Å². The molecule has 0 saturated heterocycles. The van der Waals surface area contributed by atoms with Crippen LogP contribution >= 0.6 is 0 Å². The van der Waals surface area contributed by atoms with Crippen molar-refractivity contribution in [3.8, 4) is 5.75 Å². The second-order valence-electron chi connectivity index (χ2n) is 4.95. The van der Waals surface area contributed by atoms with Crippen LogP contribution in [0, 0.1) is 11.6 Å². The molecule has 2 aromatic carbocycles. The number of anilines is 1. The van der Waals surface area contributed by atoms with E-state index in [0.717, 1.165) is 17.8 Å². The Bertz CT molecular complexity index is 763. The first-order valence-corrected chi connectivity index (χ1v) is 7.16. The van der Waals surface area contributed by atoms with Crippen molar-refractivity contribution >= 4 is 17.3 Å². The van der Waals surface area contributed by atoms with Gasteiger partial charge in [0.15, 0.2) is 11.6 Å². The van der Waals surface area contributed by atoms with Gasteiger partial charge in [0.2, 0.25) is 0 Å². The number of benzene rings is 2. The number of hydrazone groups is 1. The largest absolute Gasteiger partial charge is 0.497 e. The summed E-state index contributed by atoms with van der Waals surface area (Å²) < 4.78 is 31.1. The van der Waals surface area contributed by atoms with Crippen molar-refractivity contribution in [3.05, 3.63) is 59.7 Å². The molecule has 0 heterocycles. The second kappa shape index (κ2) is 8.05. The van der Waals surface area contributed by atoms with E-state index in [1.54, 1.807) is 38.3 Å². The van der Waals surface area contributed by atoms with Gasteiger partial charge in [0.1, 0.15) is 5.75 Å². The minimum atomic E-state index is -0.965. The molecule has 0 spiro atoms. The van der Waals surface area contributed by atoms with Crippen molar-refractivity contribution in [1.29, 1.82) is 0 Å². The summed E-state index contributed by atoms with van der Waals surface area (Å²) in [5.74, 6) is -1.60. The molecule has 5 nitrogen and oxygen atoms in total. The number of carbonyl (C=O) groups excluding carboxylic acids is 1. The van der Waals surface area contributed by atoms with Gasteiger partial charge in [-0.05, 0) is 37.3 Å². The smallest absolute Gasteiger partial charge is 0.259 e. The summed E-state index contributed by atoms with van der Waals surface area (Å²) in [5, 5.41) is 6.80.